The number of nitrogens with two attached hydrogens (primary N) is 1. The molecule has 0 aliphatic heterocycles. The predicted molar refractivity (Wildman–Crippen MR) is 198 cm³/mol. The van der Waals surface area contributed by atoms with Gasteiger partial charge >= 0.3 is 0 Å². The van der Waals surface area contributed by atoms with Crippen LogP contribution in [-0.2, 0) is 12.8 Å². The van der Waals surface area contributed by atoms with E-state index in [0.717, 1.165) is 35.6 Å². The average Bonchev–Trinajstić information content (AvgIpc) is 3.85. The molecule has 0 saturated heterocycles. The summed E-state index contributed by atoms with van der Waals surface area (Å²) >= 11 is 7.11. The maximum absolute atomic E-state index is 11.6. The number of aryl methyl sites for hydroxylation is 2. The number of oxime groups is 1. The van der Waals surface area contributed by atoms with Gasteiger partial charge in [-0.2, -0.15) is 0 Å². The maximum Gasteiger partial charge on any atom is 0.151 e. The molecule has 4 heterocycles. The van der Waals surface area contributed by atoms with Gasteiger partial charge in [-0.3, -0.25) is 4.79 Å². The van der Waals surface area contributed by atoms with E-state index in [1.54, 1.807) is 40.2 Å². The number of halogens is 1. The lowest BCUT2D eigenvalue weighted by Gasteiger charge is -2.10. The molecule has 4 N–H and O–H groups in total. The molecule has 0 amide bonds. The van der Waals surface area contributed by atoms with E-state index < -0.39 is 0 Å². The third-order valence-corrected chi connectivity index (χ3v) is 11.8. The van der Waals surface area contributed by atoms with Crippen LogP contribution in [0.5, 0.6) is 0 Å². The first-order valence-corrected chi connectivity index (χ1v) is 18.4. The minimum atomic E-state index is 0. The Bertz CT molecular complexity index is 1780. The second-order valence-corrected chi connectivity index (χ2v) is 14.1. The number of hydrogen-bond acceptors (Lipinski definition) is 9. The van der Waals surface area contributed by atoms with Crippen LogP contribution in [0, 0.1) is 0 Å². The molecule has 0 radical (unpaired) electrons. The summed E-state index contributed by atoms with van der Waals surface area (Å²) in [4.78, 5) is 11.6. The van der Waals surface area contributed by atoms with Gasteiger partial charge in [-0.25, -0.2) is 5.90 Å². The second-order valence-electron chi connectivity index (χ2n) is 10.4. The van der Waals surface area contributed by atoms with E-state index in [1.807, 2.05) is 11.3 Å². The van der Waals surface area contributed by atoms with Gasteiger partial charge in [0.05, 0.1) is 25.0 Å². The summed E-state index contributed by atoms with van der Waals surface area (Å²) in [5, 5.41) is 32.4. The number of hydrogen-bond donors (Lipinski definition) is 3. The van der Waals surface area contributed by atoms with Crippen molar-refractivity contribution in [3.05, 3.63) is 68.0 Å². The third kappa shape index (κ3) is 7.88. The van der Waals surface area contributed by atoms with Crippen molar-refractivity contribution >= 4 is 111 Å². The maximum atomic E-state index is 11.6. The molecule has 10 heteroatoms. The summed E-state index contributed by atoms with van der Waals surface area (Å²) in [6.45, 7) is 4.46. The standard InChI is InChI=1S/C17H19NOS2.C17H18OS2.ClH.H3NO/c1-2-3-4-5-6-12-13-7-9-20-16(13)17-14(8-10-21-17)15(12)11-18-19;1-2-3-4-5-6-12-13-7-9-19-16(13)17-14(8-10-20-17)15(12)11-18;;1-2/h7-11,19H,2-6H2,1H3;7-11H,2-6H2,1H3;1H;2H,1H2/b18-11+;;;. The van der Waals surface area contributed by atoms with Crippen LogP contribution in [-0.4, -0.2) is 22.9 Å². The lowest BCUT2D eigenvalue weighted by atomic mass is 9.95. The number of rotatable bonds is 12. The van der Waals surface area contributed by atoms with Crippen LogP contribution in [0.25, 0.3) is 40.3 Å². The fourth-order valence-corrected chi connectivity index (χ4v) is 9.84. The smallest absolute Gasteiger partial charge is 0.151 e. The monoisotopic (exact) mass is 688 g/mol. The van der Waals surface area contributed by atoms with Crippen LogP contribution in [0.4, 0.5) is 0 Å². The Balaban J connectivity index is 0.000000223. The molecule has 2 aromatic carbocycles. The Hall–Kier alpha value is -2.37. The Morgan fingerprint density at radius 3 is 1.43 bits per heavy atom. The number of nitrogens with zero attached hydrogens (tertiary/aromatic N) is 1. The average molecular weight is 689 g/mol. The van der Waals surface area contributed by atoms with Gasteiger partial charge in [0.15, 0.2) is 6.29 Å². The number of unbranched alkanes of at least 4 members (excludes halogenated alkanes) is 6. The van der Waals surface area contributed by atoms with E-state index in [0.29, 0.717) is 0 Å². The van der Waals surface area contributed by atoms with Crippen molar-refractivity contribution in [2.45, 2.75) is 78.1 Å². The molecule has 4 aromatic heterocycles. The van der Waals surface area contributed by atoms with Crippen LogP contribution in [0.3, 0.4) is 0 Å². The van der Waals surface area contributed by atoms with Gasteiger partial charge < -0.3 is 10.4 Å². The summed E-state index contributed by atoms with van der Waals surface area (Å²) in [7, 11) is 0. The zero-order valence-electron chi connectivity index (χ0n) is 25.2. The molecule has 0 unspecified atom stereocenters. The lowest BCUT2D eigenvalue weighted by Crippen LogP contribution is -1.96. The zero-order chi connectivity index (χ0) is 30.6. The topological polar surface area (TPSA) is 95.9 Å². The number of carbonyl (C=O) groups excluding carboxylic acids is 1. The fourth-order valence-electron chi connectivity index (χ4n) is 5.79. The van der Waals surface area contributed by atoms with Gasteiger partial charge in [0, 0.05) is 21.9 Å². The number of aldehydes is 1. The van der Waals surface area contributed by atoms with E-state index in [2.05, 4.69) is 70.7 Å². The quantitative estimate of drug-likeness (QED) is 0.0392. The zero-order valence-corrected chi connectivity index (χ0v) is 29.3. The highest BCUT2D eigenvalue weighted by Crippen LogP contribution is 2.40. The van der Waals surface area contributed by atoms with E-state index in [9.17, 15) is 4.79 Å². The number of thiophene rings is 4. The van der Waals surface area contributed by atoms with E-state index >= 15 is 0 Å². The minimum absolute atomic E-state index is 0. The predicted octanol–water partition coefficient (Wildman–Crippen LogP) is 11.9. The van der Waals surface area contributed by atoms with E-state index in [4.69, 9.17) is 10.4 Å². The first-order valence-electron chi connectivity index (χ1n) is 14.9. The molecule has 0 aliphatic carbocycles. The highest BCUT2D eigenvalue weighted by Gasteiger charge is 2.16. The van der Waals surface area contributed by atoms with E-state index in [1.165, 1.54) is 97.5 Å². The molecule has 6 rings (SSSR count). The Morgan fingerprint density at radius 2 is 1.02 bits per heavy atom. The summed E-state index contributed by atoms with van der Waals surface area (Å²) in [6.07, 6.45) is 14.7. The van der Waals surface area contributed by atoms with Gasteiger partial charge in [0.25, 0.3) is 0 Å². The van der Waals surface area contributed by atoms with Crippen LogP contribution in [0.2, 0.25) is 0 Å². The SMILES string of the molecule is CCCCCCc1c(/C=N/O)c2ccsc2c2sccc12.CCCCCCc1c(C=O)c2ccsc2c2sccc12.Cl.NO. The first kappa shape index (κ1) is 36.1. The van der Waals surface area contributed by atoms with Crippen molar-refractivity contribution in [3.8, 4) is 0 Å². The van der Waals surface area contributed by atoms with Crippen LogP contribution < -0.4 is 5.90 Å². The van der Waals surface area contributed by atoms with Crippen molar-refractivity contribution in [2.75, 3.05) is 0 Å². The summed E-state index contributed by atoms with van der Waals surface area (Å²) in [5.74, 6) is 3.50. The largest absolute Gasteiger partial charge is 0.411 e. The number of benzene rings is 2. The van der Waals surface area contributed by atoms with Gasteiger partial charge in [-0.15, -0.1) is 57.8 Å². The summed E-state index contributed by atoms with van der Waals surface area (Å²) in [5.41, 5.74) is 4.61. The molecule has 0 atom stereocenters. The molecule has 0 aliphatic rings. The molecular formula is C34H41ClN2O3S4. The van der Waals surface area contributed by atoms with Crippen molar-refractivity contribution in [1.82, 2.24) is 0 Å². The third-order valence-electron chi connectivity index (χ3n) is 7.82. The Labute approximate surface area is 281 Å². The summed E-state index contributed by atoms with van der Waals surface area (Å²) < 4.78 is 5.31. The molecule has 5 nitrogen and oxygen atoms in total. The molecule has 0 saturated carbocycles. The molecule has 0 bridgehead atoms. The highest BCUT2D eigenvalue weighted by molar-refractivity contribution is 7.26. The van der Waals surface area contributed by atoms with Crippen molar-refractivity contribution in [2.24, 2.45) is 11.1 Å². The molecule has 236 valence electrons. The highest BCUT2D eigenvalue weighted by atomic mass is 35.5. The molecule has 0 spiro atoms. The number of carbonyl (C=O) groups is 1. The van der Waals surface area contributed by atoms with Crippen LogP contribution >= 0.6 is 57.8 Å². The molecular weight excluding hydrogens is 648 g/mol. The fraction of sp³-hybridized carbons (Fsp3) is 0.353. The second kappa shape index (κ2) is 18.6. The van der Waals surface area contributed by atoms with Gasteiger partial charge in [0.1, 0.15) is 0 Å². The van der Waals surface area contributed by atoms with Crippen molar-refractivity contribution < 1.29 is 15.2 Å². The lowest BCUT2D eigenvalue weighted by molar-refractivity contribution is 0.112. The van der Waals surface area contributed by atoms with Crippen molar-refractivity contribution in [1.29, 1.82) is 0 Å². The van der Waals surface area contributed by atoms with Gasteiger partial charge in [0.2, 0.25) is 0 Å². The summed E-state index contributed by atoms with van der Waals surface area (Å²) in [6, 6.07) is 8.63. The normalized spacial score (nSPS) is 11.1. The molecule has 44 heavy (non-hydrogen) atoms. The van der Waals surface area contributed by atoms with E-state index in [-0.39, 0.29) is 12.4 Å². The molecule has 6 aromatic rings. The van der Waals surface area contributed by atoms with Gasteiger partial charge in [-0.05, 0) is 93.4 Å². The van der Waals surface area contributed by atoms with Gasteiger partial charge in [-0.1, -0.05) is 57.5 Å². The van der Waals surface area contributed by atoms with Crippen LogP contribution in [0.1, 0.15) is 92.3 Å². The molecule has 0 fully saturated rings. The Morgan fingerprint density at radius 1 is 0.636 bits per heavy atom. The Kier molecular flexibility index (Phi) is 15.2. The number of fused-ring (bicyclic) bond motifs is 6. The van der Waals surface area contributed by atoms with Crippen LogP contribution in [0.15, 0.2) is 50.9 Å². The minimum Gasteiger partial charge on any atom is -0.411 e. The van der Waals surface area contributed by atoms with Crippen molar-refractivity contribution in [3.63, 3.8) is 0 Å². The first-order chi connectivity index (χ1) is 21.2.